The lowest BCUT2D eigenvalue weighted by atomic mass is 10.0. The molecule has 28 heavy (non-hydrogen) atoms. The number of carbonyl (C=O) groups is 2. The van der Waals surface area contributed by atoms with E-state index in [1.165, 1.54) is 0 Å². The zero-order chi connectivity index (χ0) is 20.8. The summed E-state index contributed by atoms with van der Waals surface area (Å²) in [5, 5.41) is 0. The highest BCUT2D eigenvalue weighted by molar-refractivity contribution is 9.10. The Labute approximate surface area is 180 Å². The fourth-order valence-corrected chi connectivity index (χ4v) is 3.02. The number of carbonyl (C=O) groups excluding carboxylic acids is 2. The van der Waals surface area contributed by atoms with Crippen molar-refractivity contribution in [3.8, 4) is 0 Å². The maximum Gasteiger partial charge on any atom is 0.417 e. The molecule has 0 saturated heterocycles. The third kappa shape index (κ3) is 6.13. The molecule has 2 rings (SSSR count). The van der Waals surface area contributed by atoms with Gasteiger partial charge in [-0.15, -0.1) is 0 Å². The monoisotopic (exact) mass is 512 g/mol. The summed E-state index contributed by atoms with van der Waals surface area (Å²) < 4.78 is 12.1. The summed E-state index contributed by atoms with van der Waals surface area (Å²) in [6, 6.07) is 13.5. The topological polar surface area (TPSA) is 105 Å². The van der Waals surface area contributed by atoms with Crippen molar-refractivity contribution in [1.82, 2.24) is 0 Å². The van der Waals surface area contributed by atoms with Gasteiger partial charge in [0, 0.05) is 8.95 Å². The zero-order valence-electron chi connectivity index (χ0n) is 15.5. The molecule has 0 aliphatic rings. The number of hydrogen-bond acceptors (Lipinski definition) is 6. The zero-order valence-corrected chi connectivity index (χ0v) is 18.6. The van der Waals surface area contributed by atoms with E-state index in [2.05, 4.69) is 31.9 Å². The number of rotatable bonds is 6. The van der Waals surface area contributed by atoms with Gasteiger partial charge in [0.05, 0.1) is 12.1 Å². The van der Waals surface area contributed by atoms with Crippen molar-refractivity contribution in [1.29, 1.82) is 0 Å². The lowest BCUT2D eigenvalue weighted by Gasteiger charge is -2.22. The number of esters is 2. The van der Waals surface area contributed by atoms with Crippen molar-refractivity contribution in [3.63, 3.8) is 0 Å². The van der Waals surface area contributed by atoms with Crippen LogP contribution < -0.4 is 11.5 Å². The lowest BCUT2D eigenvalue weighted by molar-refractivity contribution is -0.174. The second kappa shape index (κ2) is 10.2. The normalized spacial score (nSPS) is 15.2. The molecule has 0 fully saturated rings. The average molecular weight is 514 g/mol. The molecule has 8 heteroatoms. The van der Waals surface area contributed by atoms with Gasteiger partial charge in [-0.05, 0) is 49.2 Å². The van der Waals surface area contributed by atoms with Gasteiger partial charge in [0.15, 0.2) is 0 Å². The average Bonchev–Trinajstić information content (AvgIpc) is 2.67. The third-order valence-corrected chi connectivity index (χ3v) is 5.33. The Morgan fingerprint density at radius 3 is 1.29 bits per heavy atom. The summed E-state index contributed by atoms with van der Waals surface area (Å²) in [6.07, 6.45) is -1.42. The van der Waals surface area contributed by atoms with Crippen LogP contribution in [0.4, 0.5) is 0 Å². The molecule has 0 amide bonds. The van der Waals surface area contributed by atoms with Crippen LogP contribution in [0, 0.1) is 0 Å². The van der Waals surface area contributed by atoms with E-state index in [1.807, 2.05) is 48.5 Å². The first-order valence-corrected chi connectivity index (χ1v) is 10.2. The van der Waals surface area contributed by atoms with Crippen LogP contribution in [-0.2, 0) is 19.1 Å². The van der Waals surface area contributed by atoms with Crippen molar-refractivity contribution in [2.24, 2.45) is 11.5 Å². The fourth-order valence-electron chi connectivity index (χ4n) is 2.49. The van der Waals surface area contributed by atoms with Gasteiger partial charge in [-0.2, -0.15) is 0 Å². The second-order valence-electron chi connectivity index (χ2n) is 6.38. The van der Waals surface area contributed by atoms with Crippen LogP contribution in [0.3, 0.4) is 0 Å². The summed E-state index contributed by atoms with van der Waals surface area (Å²) >= 11 is 6.69. The predicted octanol–water partition coefficient (Wildman–Crippen LogP) is 3.77. The van der Waals surface area contributed by atoms with E-state index < -0.39 is 36.2 Å². The summed E-state index contributed by atoms with van der Waals surface area (Å²) in [4.78, 5) is 24.2. The van der Waals surface area contributed by atoms with E-state index in [0.717, 1.165) is 20.1 Å². The van der Waals surface area contributed by atoms with Crippen LogP contribution >= 0.6 is 31.9 Å². The molecular formula is C20H22Br2N2O4. The first-order valence-electron chi connectivity index (χ1n) is 8.62. The van der Waals surface area contributed by atoms with Crippen LogP contribution in [0.5, 0.6) is 0 Å². The van der Waals surface area contributed by atoms with Crippen LogP contribution in [0.2, 0.25) is 0 Å². The smallest absolute Gasteiger partial charge is 0.417 e. The highest BCUT2D eigenvalue weighted by Crippen LogP contribution is 2.21. The van der Waals surface area contributed by atoms with Gasteiger partial charge in [0.25, 0.3) is 0 Å². The molecule has 0 aromatic heterocycles. The van der Waals surface area contributed by atoms with Crippen molar-refractivity contribution < 1.29 is 19.1 Å². The Balaban J connectivity index is 1.91. The van der Waals surface area contributed by atoms with E-state index in [-0.39, 0.29) is 0 Å². The number of halogens is 2. The number of nitrogens with two attached hydrogens (primary N) is 2. The molecular weight excluding hydrogens is 492 g/mol. The number of ether oxygens (including phenoxy) is 2. The van der Waals surface area contributed by atoms with Crippen molar-refractivity contribution >= 4 is 43.8 Å². The largest absolute Gasteiger partial charge is 0.452 e. The molecule has 0 radical (unpaired) electrons. The van der Waals surface area contributed by atoms with E-state index in [0.29, 0.717) is 0 Å². The van der Waals surface area contributed by atoms with Gasteiger partial charge >= 0.3 is 11.9 Å². The molecule has 6 nitrogen and oxygen atoms in total. The molecule has 4 atom stereocenters. The number of hydrogen-bond donors (Lipinski definition) is 2. The van der Waals surface area contributed by atoms with Crippen LogP contribution in [0.25, 0.3) is 0 Å². The summed E-state index contributed by atoms with van der Waals surface area (Å²) in [7, 11) is 0. The minimum absolute atomic E-state index is 0.577. The SMILES string of the molecule is CC(OC(=O)C(=O)OC(C)C(N)c1ccc(Br)cc1)C(N)c1ccc(Br)cc1. The van der Waals surface area contributed by atoms with Gasteiger partial charge in [-0.3, -0.25) is 0 Å². The molecule has 4 N–H and O–H groups in total. The fraction of sp³-hybridized carbons (Fsp3) is 0.300. The molecule has 0 saturated carbocycles. The first kappa shape index (κ1) is 22.5. The lowest BCUT2D eigenvalue weighted by Crippen LogP contribution is -2.35. The third-order valence-electron chi connectivity index (χ3n) is 4.27. The second-order valence-corrected chi connectivity index (χ2v) is 8.21. The van der Waals surface area contributed by atoms with Gasteiger partial charge in [0.1, 0.15) is 12.2 Å². The molecule has 2 aromatic carbocycles. The van der Waals surface area contributed by atoms with Crippen LogP contribution in [-0.4, -0.2) is 24.1 Å². The minimum Gasteiger partial charge on any atom is -0.452 e. The first-order chi connectivity index (χ1) is 13.2. The van der Waals surface area contributed by atoms with Crippen LogP contribution in [0.15, 0.2) is 57.5 Å². The maximum absolute atomic E-state index is 12.1. The molecule has 4 unspecified atom stereocenters. The Kier molecular flexibility index (Phi) is 8.18. The van der Waals surface area contributed by atoms with Crippen LogP contribution in [0.1, 0.15) is 37.1 Å². The van der Waals surface area contributed by atoms with Crippen molar-refractivity contribution in [2.75, 3.05) is 0 Å². The van der Waals surface area contributed by atoms with Crippen molar-refractivity contribution in [3.05, 3.63) is 68.6 Å². The van der Waals surface area contributed by atoms with Gasteiger partial charge in [0.2, 0.25) is 0 Å². The van der Waals surface area contributed by atoms with Gasteiger partial charge in [-0.25, -0.2) is 9.59 Å². The highest BCUT2D eigenvalue weighted by atomic mass is 79.9. The van der Waals surface area contributed by atoms with Gasteiger partial charge in [-0.1, -0.05) is 56.1 Å². The molecule has 0 bridgehead atoms. The molecule has 0 aliphatic heterocycles. The number of benzene rings is 2. The van der Waals surface area contributed by atoms with Gasteiger partial charge < -0.3 is 20.9 Å². The molecule has 0 spiro atoms. The minimum atomic E-state index is -1.10. The summed E-state index contributed by atoms with van der Waals surface area (Å²) in [5.41, 5.74) is 13.8. The van der Waals surface area contributed by atoms with E-state index in [4.69, 9.17) is 20.9 Å². The Morgan fingerprint density at radius 2 is 1.00 bits per heavy atom. The van der Waals surface area contributed by atoms with E-state index in [9.17, 15) is 9.59 Å². The Morgan fingerprint density at radius 1 is 0.714 bits per heavy atom. The molecule has 150 valence electrons. The molecule has 2 aromatic rings. The maximum atomic E-state index is 12.1. The van der Waals surface area contributed by atoms with E-state index in [1.54, 1.807) is 13.8 Å². The molecule has 0 aliphatic carbocycles. The highest BCUT2D eigenvalue weighted by Gasteiger charge is 2.28. The summed E-state index contributed by atoms with van der Waals surface area (Å²) in [6.45, 7) is 3.24. The Hall–Kier alpha value is -1.74. The molecule has 0 heterocycles. The summed E-state index contributed by atoms with van der Waals surface area (Å²) in [5.74, 6) is -2.20. The Bertz CT molecular complexity index is 742. The predicted molar refractivity (Wildman–Crippen MR) is 113 cm³/mol. The van der Waals surface area contributed by atoms with E-state index >= 15 is 0 Å². The standard InChI is InChI=1S/C20H22Br2N2O4/c1-11(17(23)13-3-7-15(21)8-4-13)27-19(25)20(26)28-12(2)18(24)14-5-9-16(22)10-6-14/h3-12,17-18H,23-24H2,1-2H3. The van der Waals surface area contributed by atoms with Crippen molar-refractivity contribution in [2.45, 2.75) is 38.1 Å². The quantitative estimate of drug-likeness (QED) is 0.450.